The smallest absolute Gasteiger partial charge is 0.323 e. The molecule has 0 aromatic heterocycles. The van der Waals surface area contributed by atoms with Crippen molar-refractivity contribution < 1.29 is 14.3 Å². The summed E-state index contributed by atoms with van der Waals surface area (Å²) in [6.07, 6.45) is 2.18. The Labute approximate surface area is 111 Å². The van der Waals surface area contributed by atoms with Gasteiger partial charge in [0, 0.05) is 19.8 Å². The molecular formula is C14H27NO3. The summed E-state index contributed by atoms with van der Waals surface area (Å²) in [6.45, 7) is 10.2. The van der Waals surface area contributed by atoms with E-state index in [1.165, 1.54) is 0 Å². The molecule has 0 aliphatic carbocycles. The van der Waals surface area contributed by atoms with Crippen LogP contribution in [0.25, 0.3) is 0 Å². The van der Waals surface area contributed by atoms with Crippen LogP contribution in [0.5, 0.6) is 0 Å². The maximum atomic E-state index is 12.0. The van der Waals surface area contributed by atoms with Gasteiger partial charge in [-0.25, -0.2) is 0 Å². The van der Waals surface area contributed by atoms with E-state index in [2.05, 4.69) is 4.90 Å². The molecule has 18 heavy (non-hydrogen) atoms. The Morgan fingerprint density at radius 2 is 1.94 bits per heavy atom. The van der Waals surface area contributed by atoms with Crippen LogP contribution in [0.2, 0.25) is 0 Å². The molecule has 0 aromatic carbocycles. The predicted molar refractivity (Wildman–Crippen MR) is 71.5 cm³/mol. The van der Waals surface area contributed by atoms with E-state index in [1.54, 1.807) is 0 Å². The summed E-state index contributed by atoms with van der Waals surface area (Å²) in [5.74, 6) is 0.491. The third-order valence-electron chi connectivity index (χ3n) is 3.30. The van der Waals surface area contributed by atoms with Crippen LogP contribution in [0.15, 0.2) is 0 Å². The lowest BCUT2D eigenvalue weighted by Crippen LogP contribution is -2.43. The lowest BCUT2D eigenvalue weighted by atomic mass is 9.99. The molecule has 0 spiro atoms. The Kier molecular flexibility index (Phi) is 5.60. The number of hydrogen-bond acceptors (Lipinski definition) is 4. The highest BCUT2D eigenvalue weighted by atomic mass is 16.6. The lowest BCUT2D eigenvalue weighted by Gasteiger charge is -2.31. The highest BCUT2D eigenvalue weighted by Crippen LogP contribution is 2.17. The van der Waals surface area contributed by atoms with Gasteiger partial charge in [-0.2, -0.15) is 0 Å². The zero-order chi connectivity index (χ0) is 13.8. The van der Waals surface area contributed by atoms with Crippen molar-refractivity contribution in [1.82, 2.24) is 4.90 Å². The standard InChI is InChI=1S/C14H27NO3/c1-11(13(16)18-14(2,3)4)15(5)10-12-6-8-17-9-7-12/h11-12H,6-10H2,1-5H3. The minimum atomic E-state index is -0.412. The van der Waals surface area contributed by atoms with Crippen LogP contribution in [-0.4, -0.2) is 49.3 Å². The third-order valence-corrected chi connectivity index (χ3v) is 3.30. The molecule has 0 radical (unpaired) electrons. The van der Waals surface area contributed by atoms with Crippen molar-refractivity contribution in [2.45, 2.75) is 52.2 Å². The molecule has 1 atom stereocenters. The second-order valence-electron chi connectivity index (χ2n) is 6.20. The van der Waals surface area contributed by atoms with E-state index in [1.807, 2.05) is 34.7 Å². The normalized spacial score (nSPS) is 19.9. The molecule has 106 valence electrons. The molecular weight excluding hydrogens is 230 g/mol. The van der Waals surface area contributed by atoms with E-state index in [9.17, 15) is 4.79 Å². The molecule has 1 aliphatic rings. The molecule has 1 rings (SSSR count). The fourth-order valence-electron chi connectivity index (χ4n) is 2.06. The fraction of sp³-hybridized carbons (Fsp3) is 0.929. The molecule has 1 fully saturated rings. The van der Waals surface area contributed by atoms with Gasteiger partial charge in [-0.05, 0) is 53.5 Å². The zero-order valence-electron chi connectivity index (χ0n) is 12.4. The fourth-order valence-corrected chi connectivity index (χ4v) is 2.06. The number of ether oxygens (including phenoxy) is 2. The van der Waals surface area contributed by atoms with Gasteiger partial charge in [-0.15, -0.1) is 0 Å². The van der Waals surface area contributed by atoms with Crippen LogP contribution >= 0.6 is 0 Å². The Bertz CT molecular complexity index is 267. The highest BCUT2D eigenvalue weighted by molar-refractivity contribution is 5.75. The first-order valence-corrected chi connectivity index (χ1v) is 6.80. The van der Waals surface area contributed by atoms with E-state index in [-0.39, 0.29) is 12.0 Å². The van der Waals surface area contributed by atoms with Gasteiger partial charge in [-0.1, -0.05) is 0 Å². The van der Waals surface area contributed by atoms with E-state index in [0.29, 0.717) is 5.92 Å². The number of rotatable bonds is 4. The molecule has 0 bridgehead atoms. The SMILES string of the molecule is CC(C(=O)OC(C)(C)C)N(C)CC1CCOCC1. The quantitative estimate of drug-likeness (QED) is 0.723. The Morgan fingerprint density at radius 3 is 2.44 bits per heavy atom. The summed E-state index contributed by atoms with van der Waals surface area (Å²) >= 11 is 0. The van der Waals surface area contributed by atoms with Crippen LogP contribution in [0, 0.1) is 5.92 Å². The second kappa shape index (κ2) is 6.53. The second-order valence-corrected chi connectivity index (χ2v) is 6.20. The van der Waals surface area contributed by atoms with Gasteiger partial charge < -0.3 is 9.47 Å². The van der Waals surface area contributed by atoms with Gasteiger partial charge in [-0.3, -0.25) is 9.69 Å². The summed E-state index contributed by atoms with van der Waals surface area (Å²) in [5, 5.41) is 0. The van der Waals surface area contributed by atoms with Crippen molar-refractivity contribution in [3.63, 3.8) is 0 Å². The Balaban J connectivity index is 2.39. The van der Waals surface area contributed by atoms with Gasteiger partial charge in [0.25, 0.3) is 0 Å². The third kappa shape index (κ3) is 5.36. The number of carbonyl (C=O) groups excluding carboxylic acids is 1. The molecule has 1 unspecified atom stereocenters. The van der Waals surface area contributed by atoms with Crippen molar-refractivity contribution in [1.29, 1.82) is 0 Å². The molecule has 0 N–H and O–H groups in total. The summed E-state index contributed by atoms with van der Waals surface area (Å²) in [5.41, 5.74) is -0.412. The van der Waals surface area contributed by atoms with Gasteiger partial charge in [0.05, 0.1) is 0 Å². The molecule has 1 aliphatic heterocycles. The zero-order valence-corrected chi connectivity index (χ0v) is 12.4. The van der Waals surface area contributed by atoms with Gasteiger partial charge in [0.1, 0.15) is 11.6 Å². The molecule has 1 heterocycles. The molecule has 1 saturated heterocycles. The monoisotopic (exact) mass is 257 g/mol. The number of hydrogen-bond donors (Lipinski definition) is 0. The summed E-state index contributed by atoms with van der Waals surface area (Å²) in [6, 6.07) is -0.188. The molecule has 0 aromatic rings. The van der Waals surface area contributed by atoms with E-state index in [0.717, 1.165) is 32.6 Å². The van der Waals surface area contributed by atoms with Crippen LogP contribution in [0.4, 0.5) is 0 Å². The van der Waals surface area contributed by atoms with E-state index >= 15 is 0 Å². The first-order valence-electron chi connectivity index (χ1n) is 6.80. The minimum absolute atomic E-state index is 0.142. The first kappa shape index (κ1) is 15.4. The van der Waals surface area contributed by atoms with Crippen LogP contribution in [0.3, 0.4) is 0 Å². The lowest BCUT2D eigenvalue weighted by molar-refractivity contribution is -0.160. The van der Waals surface area contributed by atoms with Crippen LogP contribution < -0.4 is 0 Å². The number of carbonyl (C=O) groups is 1. The van der Waals surface area contributed by atoms with Crippen molar-refractivity contribution in [2.24, 2.45) is 5.92 Å². The molecule has 0 saturated carbocycles. The molecule has 4 nitrogen and oxygen atoms in total. The number of likely N-dealkylation sites (N-methyl/N-ethyl adjacent to an activating group) is 1. The summed E-state index contributed by atoms with van der Waals surface area (Å²) in [7, 11) is 1.99. The first-order chi connectivity index (χ1) is 8.29. The summed E-state index contributed by atoms with van der Waals surface area (Å²) < 4.78 is 10.7. The molecule has 0 amide bonds. The van der Waals surface area contributed by atoms with Crippen molar-refractivity contribution in [3.8, 4) is 0 Å². The van der Waals surface area contributed by atoms with E-state index < -0.39 is 5.60 Å². The average molecular weight is 257 g/mol. The highest BCUT2D eigenvalue weighted by Gasteiger charge is 2.26. The van der Waals surface area contributed by atoms with Crippen molar-refractivity contribution in [2.75, 3.05) is 26.8 Å². The van der Waals surface area contributed by atoms with Crippen LogP contribution in [-0.2, 0) is 14.3 Å². The van der Waals surface area contributed by atoms with Gasteiger partial charge in [0.15, 0.2) is 0 Å². The Morgan fingerprint density at radius 1 is 1.39 bits per heavy atom. The summed E-state index contributed by atoms with van der Waals surface area (Å²) in [4.78, 5) is 14.0. The van der Waals surface area contributed by atoms with Crippen molar-refractivity contribution in [3.05, 3.63) is 0 Å². The van der Waals surface area contributed by atoms with Crippen LogP contribution in [0.1, 0.15) is 40.5 Å². The minimum Gasteiger partial charge on any atom is -0.459 e. The number of esters is 1. The maximum Gasteiger partial charge on any atom is 0.323 e. The van der Waals surface area contributed by atoms with Gasteiger partial charge in [0.2, 0.25) is 0 Å². The average Bonchev–Trinajstić information content (AvgIpc) is 2.27. The largest absolute Gasteiger partial charge is 0.459 e. The number of nitrogens with zero attached hydrogens (tertiary/aromatic N) is 1. The molecule has 4 heteroatoms. The Hall–Kier alpha value is -0.610. The predicted octanol–water partition coefficient (Wildman–Crippen LogP) is 2.08. The maximum absolute atomic E-state index is 12.0. The van der Waals surface area contributed by atoms with Gasteiger partial charge >= 0.3 is 5.97 Å². The van der Waals surface area contributed by atoms with E-state index in [4.69, 9.17) is 9.47 Å². The van der Waals surface area contributed by atoms with Crippen molar-refractivity contribution >= 4 is 5.97 Å². The topological polar surface area (TPSA) is 38.8 Å².